The second-order valence-electron chi connectivity index (χ2n) is 5.53. The van der Waals surface area contributed by atoms with Crippen LogP contribution in [0.3, 0.4) is 0 Å². The van der Waals surface area contributed by atoms with Gasteiger partial charge in [0.25, 0.3) is 11.8 Å². The number of carbonyl (C=O) groups excluding carboxylic acids is 3. The highest BCUT2D eigenvalue weighted by atomic mass is 32.1. The normalized spacial score (nSPS) is 13.0. The summed E-state index contributed by atoms with van der Waals surface area (Å²) in [6.07, 6.45) is 0.132. The topological polar surface area (TPSA) is 130 Å². The highest BCUT2D eigenvalue weighted by molar-refractivity contribution is 7.15. The summed E-state index contributed by atoms with van der Waals surface area (Å²) in [5.74, 6) is -2.08. The van der Waals surface area contributed by atoms with Crippen molar-refractivity contribution in [3.05, 3.63) is 40.4 Å². The van der Waals surface area contributed by atoms with Crippen LogP contribution in [0.4, 0.5) is 5.13 Å². The van der Waals surface area contributed by atoms with Crippen LogP contribution in [0.5, 0.6) is 0 Å². The zero-order valence-corrected chi connectivity index (χ0v) is 14.3. The Morgan fingerprint density at radius 2 is 1.77 bits per heavy atom. The Balaban J connectivity index is 1.49. The zero-order chi connectivity index (χ0) is 18.7. The van der Waals surface area contributed by atoms with Gasteiger partial charge < -0.3 is 10.4 Å². The molecule has 1 aliphatic heterocycles. The van der Waals surface area contributed by atoms with Gasteiger partial charge in [0.1, 0.15) is 5.01 Å². The lowest BCUT2D eigenvalue weighted by molar-refractivity contribution is -0.136. The van der Waals surface area contributed by atoms with Crippen LogP contribution in [0, 0.1) is 0 Å². The first-order valence-corrected chi connectivity index (χ1v) is 8.56. The average molecular weight is 374 g/mol. The van der Waals surface area contributed by atoms with Crippen molar-refractivity contribution in [3.8, 4) is 0 Å². The fourth-order valence-corrected chi connectivity index (χ4v) is 3.27. The van der Waals surface area contributed by atoms with Crippen LogP contribution in [0.2, 0.25) is 0 Å². The molecule has 0 atom stereocenters. The van der Waals surface area contributed by atoms with Crippen molar-refractivity contribution in [2.24, 2.45) is 0 Å². The minimum Gasteiger partial charge on any atom is -0.481 e. The number of anilines is 1. The van der Waals surface area contributed by atoms with Gasteiger partial charge in [-0.25, -0.2) is 0 Å². The van der Waals surface area contributed by atoms with Gasteiger partial charge in [-0.05, 0) is 18.6 Å². The van der Waals surface area contributed by atoms with Gasteiger partial charge in [-0.1, -0.05) is 23.5 Å². The van der Waals surface area contributed by atoms with Crippen molar-refractivity contribution < 1.29 is 24.3 Å². The van der Waals surface area contributed by atoms with E-state index in [1.54, 1.807) is 24.3 Å². The Morgan fingerprint density at radius 1 is 1.12 bits per heavy atom. The van der Waals surface area contributed by atoms with Crippen molar-refractivity contribution in [3.63, 3.8) is 0 Å². The van der Waals surface area contributed by atoms with Crippen LogP contribution in [0.25, 0.3) is 0 Å². The van der Waals surface area contributed by atoms with E-state index in [4.69, 9.17) is 5.11 Å². The molecule has 26 heavy (non-hydrogen) atoms. The minimum atomic E-state index is -1.03. The standard InChI is InChI=1S/C16H14N4O5S/c21-11(17-16-19-18-12(26-16)8-13(22)23)6-3-7-20-14(24)9-4-1-2-5-10(9)15(20)25/h1-2,4-5H,3,6-8H2,(H,22,23)(H,17,19,21). The fraction of sp³-hybridized carbons (Fsp3) is 0.250. The Bertz CT molecular complexity index is 859. The van der Waals surface area contributed by atoms with Gasteiger partial charge >= 0.3 is 5.97 Å². The number of amides is 3. The van der Waals surface area contributed by atoms with Crippen molar-refractivity contribution >= 4 is 40.2 Å². The number of fused-ring (bicyclic) bond motifs is 1. The van der Waals surface area contributed by atoms with Gasteiger partial charge in [0.15, 0.2) is 0 Å². The second-order valence-corrected chi connectivity index (χ2v) is 6.59. The number of nitrogens with one attached hydrogen (secondary N) is 1. The first-order valence-electron chi connectivity index (χ1n) is 7.75. The van der Waals surface area contributed by atoms with Crippen LogP contribution >= 0.6 is 11.3 Å². The number of carboxylic acid groups (broad SMARTS) is 1. The third-order valence-corrected chi connectivity index (χ3v) is 4.52. The molecule has 2 heterocycles. The van der Waals surface area contributed by atoms with E-state index < -0.39 is 5.97 Å². The smallest absolute Gasteiger partial charge is 0.310 e. The van der Waals surface area contributed by atoms with Crippen LogP contribution in [-0.2, 0) is 16.0 Å². The maximum absolute atomic E-state index is 12.2. The van der Waals surface area contributed by atoms with Crippen molar-refractivity contribution in [1.82, 2.24) is 15.1 Å². The summed E-state index contributed by atoms with van der Waals surface area (Å²) in [5, 5.41) is 19.1. The van der Waals surface area contributed by atoms with E-state index in [2.05, 4.69) is 15.5 Å². The Labute approximate surface area is 151 Å². The Morgan fingerprint density at radius 3 is 2.38 bits per heavy atom. The lowest BCUT2D eigenvalue weighted by Crippen LogP contribution is -2.31. The third kappa shape index (κ3) is 3.75. The number of aliphatic carboxylic acids is 1. The van der Waals surface area contributed by atoms with Gasteiger partial charge in [-0.15, -0.1) is 10.2 Å². The number of benzene rings is 1. The summed E-state index contributed by atoms with van der Waals surface area (Å²) >= 11 is 0.987. The molecular weight excluding hydrogens is 360 g/mol. The van der Waals surface area contributed by atoms with Gasteiger partial charge in [0.2, 0.25) is 11.0 Å². The van der Waals surface area contributed by atoms with E-state index in [0.717, 1.165) is 16.2 Å². The van der Waals surface area contributed by atoms with E-state index in [9.17, 15) is 19.2 Å². The molecule has 3 amide bonds. The maximum Gasteiger partial charge on any atom is 0.310 e. The number of imide groups is 1. The summed E-state index contributed by atoms with van der Waals surface area (Å²) in [4.78, 5) is 48.1. The summed E-state index contributed by atoms with van der Waals surface area (Å²) in [6.45, 7) is 0.139. The van der Waals surface area contributed by atoms with E-state index in [0.29, 0.717) is 22.6 Å². The highest BCUT2D eigenvalue weighted by Gasteiger charge is 2.34. The molecule has 0 unspecified atom stereocenters. The Hall–Kier alpha value is -3.14. The summed E-state index contributed by atoms with van der Waals surface area (Å²) in [7, 11) is 0. The molecule has 2 aromatic rings. The highest BCUT2D eigenvalue weighted by Crippen LogP contribution is 2.22. The largest absolute Gasteiger partial charge is 0.481 e. The number of nitrogens with zero attached hydrogens (tertiary/aromatic N) is 3. The van der Waals surface area contributed by atoms with Gasteiger partial charge in [0.05, 0.1) is 17.5 Å². The maximum atomic E-state index is 12.2. The molecule has 0 bridgehead atoms. The molecule has 0 saturated carbocycles. The van der Waals surface area contributed by atoms with Crippen molar-refractivity contribution in [1.29, 1.82) is 0 Å². The predicted octanol–water partition coefficient (Wildman–Crippen LogP) is 1.18. The number of carboxylic acids is 1. The molecule has 0 fully saturated rings. The number of hydrogen-bond acceptors (Lipinski definition) is 7. The van der Waals surface area contributed by atoms with E-state index in [1.807, 2.05) is 0 Å². The molecule has 2 N–H and O–H groups in total. The van der Waals surface area contributed by atoms with Crippen LogP contribution in [-0.4, -0.2) is 50.4 Å². The van der Waals surface area contributed by atoms with Crippen molar-refractivity contribution in [2.75, 3.05) is 11.9 Å². The quantitative estimate of drug-likeness (QED) is 0.696. The van der Waals surface area contributed by atoms with Crippen LogP contribution in [0.1, 0.15) is 38.6 Å². The molecule has 0 aliphatic carbocycles. The first-order chi connectivity index (χ1) is 12.5. The lowest BCUT2D eigenvalue weighted by atomic mass is 10.1. The molecule has 1 aromatic carbocycles. The van der Waals surface area contributed by atoms with Crippen molar-refractivity contribution in [2.45, 2.75) is 19.3 Å². The fourth-order valence-electron chi connectivity index (χ4n) is 2.53. The molecule has 134 valence electrons. The molecule has 0 saturated heterocycles. The lowest BCUT2D eigenvalue weighted by Gasteiger charge is -2.13. The molecule has 10 heteroatoms. The zero-order valence-electron chi connectivity index (χ0n) is 13.5. The summed E-state index contributed by atoms with van der Waals surface area (Å²) in [5.41, 5.74) is 0.753. The second kappa shape index (κ2) is 7.40. The third-order valence-electron chi connectivity index (χ3n) is 3.68. The SMILES string of the molecule is O=C(O)Cc1nnc(NC(=O)CCCN2C(=O)c3ccccc3C2=O)s1. The molecule has 0 spiro atoms. The van der Waals surface area contributed by atoms with Gasteiger partial charge in [-0.2, -0.15) is 0 Å². The van der Waals surface area contributed by atoms with E-state index in [-0.39, 0.29) is 42.2 Å². The predicted molar refractivity (Wildman–Crippen MR) is 90.9 cm³/mol. The van der Waals surface area contributed by atoms with Crippen LogP contribution < -0.4 is 5.32 Å². The Kier molecular flexibility index (Phi) is 5.03. The minimum absolute atomic E-state index is 0.0846. The molecule has 9 nitrogen and oxygen atoms in total. The number of hydrogen-bond donors (Lipinski definition) is 2. The average Bonchev–Trinajstić information content (AvgIpc) is 3.12. The molecule has 3 rings (SSSR count). The molecule has 1 aliphatic rings. The molecule has 1 aromatic heterocycles. The first kappa shape index (κ1) is 17.7. The summed E-state index contributed by atoms with van der Waals surface area (Å²) in [6, 6.07) is 6.60. The van der Waals surface area contributed by atoms with E-state index in [1.165, 1.54) is 0 Å². The molecular formula is C16H14N4O5S. The van der Waals surface area contributed by atoms with Gasteiger partial charge in [-0.3, -0.25) is 24.1 Å². The van der Waals surface area contributed by atoms with Gasteiger partial charge in [0, 0.05) is 13.0 Å². The summed E-state index contributed by atoms with van der Waals surface area (Å²) < 4.78 is 0. The molecule has 0 radical (unpaired) electrons. The van der Waals surface area contributed by atoms with Crippen LogP contribution in [0.15, 0.2) is 24.3 Å². The number of carbonyl (C=O) groups is 4. The monoisotopic (exact) mass is 374 g/mol. The number of aromatic nitrogens is 2. The number of rotatable bonds is 7. The van der Waals surface area contributed by atoms with E-state index >= 15 is 0 Å².